The van der Waals surface area contributed by atoms with Crippen molar-refractivity contribution in [1.29, 1.82) is 0 Å². The first-order valence-corrected chi connectivity index (χ1v) is 7.45. The smallest absolute Gasteiger partial charge is 0.287 e. The third-order valence-electron chi connectivity index (χ3n) is 3.18. The Morgan fingerprint density at radius 2 is 1.86 bits per heavy atom. The van der Waals surface area contributed by atoms with Crippen molar-refractivity contribution >= 4 is 28.9 Å². The van der Waals surface area contributed by atoms with Crippen LogP contribution < -0.4 is 10.9 Å². The van der Waals surface area contributed by atoms with E-state index in [1.165, 1.54) is 4.68 Å². The monoisotopic (exact) mass is 325 g/mol. The van der Waals surface area contributed by atoms with Gasteiger partial charge in [-0.15, -0.1) is 0 Å². The zero-order chi connectivity index (χ0) is 15.6. The van der Waals surface area contributed by atoms with Gasteiger partial charge in [-0.25, -0.2) is 4.68 Å². The second kappa shape index (κ2) is 6.50. The lowest BCUT2D eigenvalue weighted by atomic mass is 10.1. The van der Waals surface area contributed by atoms with Crippen LogP contribution in [0.15, 0.2) is 35.3 Å². The standard InChI is InChI=1S/C15H17Cl2N3O/c1-9(2)20-15(21)14(17)13(8-18-20)19-10(3)11-6-4-5-7-12(11)16/h4-10,19H,1-3H3. The van der Waals surface area contributed by atoms with E-state index >= 15 is 0 Å². The summed E-state index contributed by atoms with van der Waals surface area (Å²) in [6.45, 7) is 5.71. The maximum absolute atomic E-state index is 12.1. The molecule has 0 radical (unpaired) electrons. The third-order valence-corrected chi connectivity index (χ3v) is 3.89. The van der Waals surface area contributed by atoms with E-state index in [9.17, 15) is 4.79 Å². The van der Waals surface area contributed by atoms with Crippen molar-refractivity contribution in [2.24, 2.45) is 0 Å². The molecule has 2 aromatic rings. The summed E-state index contributed by atoms with van der Waals surface area (Å²) in [5, 5.41) is 8.11. The van der Waals surface area contributed by atoms with E-state index in [1.807, 2.05) is 45.0 Å². The van der Waals surface area contributed by atoms with Crippen LogP contribution in [0.4, 0.5) is 5.69 Å². The summed E-state index contributed by atoms with van der Waals surface area (Å²) in [7, 11) is 0. The largest absolute Gasteiger partial charge is 0.376 e. The summed E-state index contributed by atoms with van der Waals surface area (Å²) < 4.78 is 1.35. The molecule has 1 aromatic heterocycles. The van der Waals surface area contributed by atoms with Crippen LogP contribution in [0.25, 0.3) is 0 Å². The van der Waals surface area contributed by atoms with Crippen molar-refractivity contribution in [2.45, 2.75) is 32.9 Å². The molecule has 0 fully saturated rings. The highest BCUT2D eigenvalue weighted by atomic mass is 35.5. The van der Waals surface area contributed by atoms with Crippen molar-refractivity contribution in [1.82, 2.24) is 9.78 Å². The number of nitrogens with one attached hydrogen (secondary N) is 1. The molecule has 0 saturated carbocycles. The van der Waals surface area contributed by atoms with Crippen molar-refractivity contribution in [3.63, 3.8) is 0 Å². The summed E-state index contributed by atoms with van der Waals surface area (Å²) in [4.78, 5) is 12.1. The molecule has 1 atom stereocenters. The molecular formula is C15H17Cl2N3O. The van der Waals surface area contributed by atoms with Gasteiger partial charge in [-0.3, -0.25) is 4.79 Å². The van der Waals surface area contributed by atoms with Crippen LogP contribution in [0.3, 0.4) is 0 Å². The Morgan fingerprint density at radius 3 is 2.48 bits per heavy atom. The van der Waals surface area contributed by atoms with Crippen LogP contribution in [-0.4, -0.2) is 9.78 Å². The number of hydrogen-bond donors (Lipinski definition) is 1. The lowest BCUT2D eigenvalue weighted by Crippen LogP contribution is -2.26. The lowest BCUT2D eigenvalue weighted by Gasteiger charge is -2.18. The number of hydrogen-bond acceptors (Lipinski definition) is 3. The fourth-order valence-electron chi connectivity index (χ4n) is 2.05. The minimum absolute atomic E-state index is 0.0370. The van der Waals surface area contributed by atoms with Gasteiger partial charge < -0.3 is 5.32 Å². The molecule has 21 heavy (non-hydrogen) atoms. The summed E-state index contributed by atoms with van der Waals surface area (Å²) in [6, 6.07) is 7.41. The van der Waals surface area contributed by atoms with Gasteiger partial charge in [0.1, 0.15) is 5.02 Å². The Labute approximate surface area is 133 Å². The zero-order valence-corrected chi connectivity index (χ0v) is 13.6. The Morgan fingerprint density at radius 1 is 1.19 bits per heavy atom. The predicted octanol–water partition coefficient (Wildman–Crippen LogP) is 4.30. The molecule has 112 valence electrons. The summed E-state index contributed by atoms with van der Waals surface area (Å²) in [6.07, 6.45) is 1.57. The molecule has 0 amide bonds. The van der Waals surface area contributed by atoms with Crippen molar-refractivity contribution in [3.8, 4) is 0 Å². The molecule has 1 aromatic carbocycles. The molecule has 0 aliphatic carbocycles. The van der Waals surface area contributed by atoms with Crippen molar-refractivity contribution in [3.05, 3.63) is 56.4 Å². The second-order valence-electron chi connectivity index (χ2n) is 5.10. The number of halogens is 2. The number of benzene rings is 1. The quantitative estimate of drug-likeness (QED) is 0.911. The second-order valence-corrected chi connectivity index (χ2v) is 5.89. The highest BCUT2D eigenvalue weighted by molar-refractivity contribution is 6.33. The lowest BCUT2D eigenvalue weighted by molar-refractivity contribution is 0.503. The number of rotatable bonds is 4. The Balaban J connectivity index is 2.31. The summed E-state index contributed by atoms with van der Waals surface area (Å²) >= 11 is 12.3. The van der Waals surface area contributed by atoms with Gasteiger partial charge >= 0.3 is 0 Å². The molecule has 6 heteroatoms. The van der Waals surface area contributed by atoms with Gasteiger partial charge in [0.25, 0.3) is 5.56 Å². The Hall–Kier alpha value is -1.52. The van der Waals surface area contributed by atoms with Crippen molar-refractivity contribution < 1.29 is 0 Å². The molecule has 1 N–H and O–H groups in total. The van der Waals surface area contributed by atoms with Crippen LogP contribution in [0, 0.1) is 0 Å². The van der Waals surface area contributed by atoms with E-state index in [-0.39, 0.29) is 22.7 Å². The fourth-order valence-corrected chi connectivity index (χ4v) is 2.54. The molecule has 2 rings (SSSR count). The highest BCUT2D eigenvalue weighted by Crippen LogP contribution is 2.27. The average Bonchev–Trinajstić information content (AvgIpc) is 2.44. The average molecular weight is 326 g/mol. The number of anilines is 1. The maximum atomic E-state index is 12.1. The van der Waals surface area contributed by atoms with Crippen LogP contribution >= 0.6 is 23.2 Å². The van der Waals surface area contributed by atoms with E-state index in [0.29, 0.717) is 10.7 Å². The van der Waals surface area contributed by atoms with E-state index in [1.54, 1.807) is 6.20 Å². The molecule has 0 bridgehead atoms. The minimum Gasteiger partial charge on any atom is -0.376 e. The minimum atomic E-state index is -0.303. The van der Waals surface area contributed by atoms with Crippen LogP contribution in [0.5, 0.6) is 0 Å². The molecule has 0 aliphatic heterocycles. The first-order chi connectivity index (χ1) is 9.91. The number of nitrogens with zero attached hydrogens (tertiary/aromatic N) is 2. The highest BCUT2D eigenvalue weighted by Gasteiger charge is 2.15. The first kappa shape index (κ1) is 15.9. The number of aromatic nitrogens is 2. The van der Waals surface area contributed by atoms with Crippen molar-refractivity contribution in [2.75, 3.05) is 5.32 Å². The van der Waals surface area contributed by atoms with Gasteiger partial charge in [-0.2, -0.15) is 5.10 Å². The normalized spacial score (nSPS) is 12.5. The first-order valence-electron chi connectivity index (χ1n) is 6.70. The Kier molecular flexibility index (Phi) is 4.91. The topological polar surface area (TPSA) is 46.9 Å². The predicted molar refractivity (Wildman–Crippen MR) is 87.4 cm³/mol. The molecule has 0 aliphatic rings. The van der Waals surface area contributed by atoms with E-state index < -0.39 is 0 Å². The van der Waals surface area contributed by atoms with Crippen LogP contribution in [0.1, 0.15) is 38.4 Å². The zero-order valence-electron chi connectivity index (χ0n) is 12.1. The van der Waals surface area contributed by atoms with Gasteiger partial charge in [0, 0.05) is 5.02 Å². The molecule has 0 spiro atoms. The van der Waals surface area contributed by atoms with Gasteiger partial charge in [0.2, 0.25) is 0 Å². The van der Waals surface area contributed by atoms with Gasteiger partial charge in [-0.1, -0.05) is 41.4 Å². The Bertz CT molecular complexity index is 698. The summed E-state index contributed by atoms with van der Waals surface area (Å²) in [5.74, 6) is 0. The van der Waals surface area contributed by atoms with Gasteiger partial charge in [0.15, 0.2) is 0 Å². The van der Waals surface area contributed by atoms with E-state index in [0.717, 1.165) is 5.56 Å². The molecular weight excluding hydrogens is 309 g/mol. The van der Waals surface area contributed by atoms with E-state index in [2.05, 4.69) is 10.4 Å². The molecule has 1 heterocycles. The maximum Gasteiger partial charge on any atom is 0.287 e. The van der Waals surface area contributed by atoms with Gasteiger partial charge in [-0.05, 0) is 32.4 Å². The third kappa shape index (κ3) is 3.39. The fraction of sp³-hybridized carbons (Fsp3) is 0.333. The molecule has 0 saturated heterocycles. The van der Waals surface area contributed by atoms with Crippen LogP contribution in [0.2, 0.25) is 10.0 Å². The molecule has 1 unspecified atom stereocenters. The van der Waals surface area contributed by atoms with Gasteiger partial charge in [0.05, 0.1) is 24.0 Å². The SMILES string of the molecule is CC(Nc1cnn(C(C)C)c(=O)c1Cl)c1ccccc1Cl. The summed E-state index contributed by atoms with van der Waals surface area (Å²) in [5.41, 5.74) is 1.14. The molecule has 4 nitrogen and oxygen atoms in total. The van der Waals surface area contributed by atoms with E-state index in [4.69, 9.17) is 23.2 Å². The van der Waals surface area contributed by atoms with Crippen LogP contribution in [-0.2, 0) is 0 Å².